The fraction of sp³-hybridized carbons (Fsp3) is 0.545. The number of nitrogens with zero attached hydrogens (tertiary/aromatic N) is 2. The van der Waals surface area contributed by atoms with Crippen LogP contribution in [0, 0.1) is 12.8 Å². The second-order valence-corrected chi connectivity index (χ2v) is 4.05. The molecule has 1 fully saturated rings. The molecule has 0 spiro atoms. The maximum absolute atomic E-state index is 10.8. The van der Waals surface area contributed by atoms with E-state index in [9.17, 15) is 4.79 Å². The first-order valence-corrected chi connectivity index (χ1v) is 5.37. The van der Waals surface area contributed by atoms with Crippen LogP contribution in [0.15, 0.2) is 6.07 Å². The molecule has 1 heterocycles. The molecular weight excluding hydrogens is 208 g/mol. The number of carbonyl (C=O) groups is 1. The molecule has 0 amide bonds. The lowest BCUT2D eigenvalue weighted by Gasteiger charge is -2.24. The largest absolute Gasteiger partial charge is 0.477 e. The number of ether oxygens (including phenoxy) is 1. The van der Waals surface area contributed by atoms with Gasteiger partial charge in [-0.3, -0.25) is 0 Å². The molecule has 1 aromatic rings. The Morgan fingerprint density at radius 3 is 2.88 bits per heavy atom. The minimum absolute atomic E-state index is 0.0175. The third kappa shape index (κ3) is 2.48. The molecule has 16 heavy (non-hydrogen) atoms. The molecule has 2 rings (SSSR count). The minimum atomic E-state index is -1.06. The normalized spacial score (nSPS) is 15.6. The number of hydrogen-bond acceptors (Lipinski definition) is 4. The molecule has 0 aromatic carbocycles. The maximum Gasteiger partial charge on any atom is 0.354 e. The van der Waals surface area contributed by atoms with Crippen LogP contribution in [-0.2, 0) is 0 Å². The monoisotopic (exact) mass is 222 g/mol. The lowest BCUT2D eigenvalue weighted by atomic mass is 9.86. The third-order valence-corrected chi connectivity index (χ3v) is 2.73. The summed E-state index contributed by atoms with van der Waals surface area (Å²) in [5.41, 5.74) is -0.0175. The maximum atomic E-state index is 10.8. The highest BCUT2D eigenvalue weighted by atomic mass is 16.5. The number of hydrogen-bond donors (Lipinski definition) is 1. The van der Waals surface area contributed by atoms with Gasteiger partial charge in [-0.25, -0.2) is 9.78 Å². The summed E-state index contributed by atoms with van der Waals surface area (Å²) in [7, 11) is 0. The Labute approximate surface area is 93.5 Å². The van der Waals surface area contributed by atoms with Crippen LogP contribution in [0.25, 0.3) is 0 Å². The van der Waals surface area contributed by atoms with Gasteiger partial charge in [0, 0.05) is 6.07 Å². The number of aryl methyl sites for hydroxylation is 1. The highest BCUT2D eigenvalue weighted by Gasteiger charge is 2.18. The molecule has 0 bridgehead atoms. The number of aromatic nitrogens is 2. The average Bonchev–Trinajstić information content (AvgIpc) is 2.14. The molecule has 0 radical (unpaired) electrons. The van der Waals surface area contributed by atoms with Gasteiger partial charge in [0.2, 0.25) is 5.88 Å². The van der Waals surface area contributed by atoms with E-state index in [2.05, 4.69) is 9.97 Å². The van der Waals surface area contributed by atoms with Crippen molar-refractivity contribution in [3.63, 3.8) is 0 Å². The van der Waals surface area contributed by atoms with Crippen LogP contribution in [0.2, 0.25) is 0 Å². The van der Waals surface area contributed by atoms with Crippen molar-refractivity contribution < 1.29 is 14.6 Å². The first kappa shape index (κ1) is 10.9. The van der Waals surface area contributed by atoms with Gasteiger partial charge < -0.3 is 9.84 Å². The highest BCUT2D eigenvalue weighted by molar-refractivity contribution is 5.85. The van der Waals surface area contributed by atoms with Crippen molar-refractivity contribution in [3.05, 3.63) is 17.6 Å². The summed E-state index contributed by atoms with van der Waals surface area (Å²) in [6.07, 6.45) is 3.64. The SMILES string of the molecule is Cc1nc(OCC2CCC2)cc(C(=O)O)n1. The summed E-state index contributed by atoms with van der Waals surface area (Å²) in [5, 5.41) is 8.82. The van der Waals surface area contributed by atoms with Crippen molar-refractivity contribution in [1.29, 1.82) is 0 Å². The van der Waals surface area contributed by atoms with Crippen molar-refractivity contribution in [2.24, 2.45) is 5.92 Å². The van der Waals surface area contributed by atoms with Crippen molar-refractivity contribution in [2.45, 2.75) is 26.2 Å². The van der Waals surface area contributed by atoms with Gasteiger partial charge in [-0.1, -0.05) is 6.42 Å². The fourth-order valence-electron chi connectivity index (χ4n) is 1.59. The quantitative estimate of drug-likeness (QED) is 0.838. The van der Waals surface area contributed by atoms with Crippen LogP contribution in [-0.4, -0.2) is 27.7 Å². The molecule has 5 nitrogen and oxygen atoms in total. The number of carboxylic acid groups (broad SMARTS) is 1. The van der Waals surface area contributed by atoms with Gasteiger partial charge in [-0.2, -0.15) is 4.98 Å². The molecule has 0 aliphatic heterocycles. The summed E-state index contributed by atoms with van der Waals surface area (Å²) in [6, 6.07) is 1.37. The number of aromatic carboxylic acids is 1. The van der Waals surface area contributed by atoms with E-state index in [1.54, 1.807) is 6.92 Å². The molecule has 1 aliphatic rings. The Balaban J connectivity index is 2.04. The van der Waals surface area contributed by atoms with Crippen molar-refractivity contribution in [1.82, 2.24) is 9.97 Å². The summed E-state index contributed by atoms with van der Waals surface area (Å²) >= 11 is 0. The fourth-order valence-corrected chi connectivity index (χ4v) is 1.59. The number of rotatable bonds is 4. The third-order valence-electron chi connectivity index (χ3n) is 2.73. The smallest absolute Gasteiger partial charge is 0.354 e. The van der Waals surface area contributed by atoms with Crippen molar-refractivity contribution in [2.75, 3.05) is 6.61 Å². The molecule has 0 unspecified atom stereocenters. The summed E-state index contributed by atoms with van der Waals surface area (Å²) in [6.45, 7) is 2.28. The zero-order valence-electron chi connectivity index (χ0n) is 9.14. The van der Waals surface area contributed by atoms with Crippen LogP contribution >= 0.6 is 0 Å². The van der Waals surface area contributed by atoms with E-state index in [1.807, 2.05) is 0 Å². The standard InChI is InChI=1S/C11H14N2O3/c1-7-12-9(11(14)15)5-10(13-7)16-6-8-3-2-4-8/h5,8H,2-4,6H2,1H3,(H,14,15). The summed E-state index contributed by atoms with van der Waals surface area (Å²) in [4.78, 5) is 18.6. The topological polar surface area (TPSA) is 72.3 Å². The molecule has 5 heteroatoms. The van der Waals surface area contributed by atoms with E-state index in [1.165, 1.54) is 25.3 Å². The molecule has 0 saturated heterocycles. The second-order valence-electron chi connectivity index (χ2n) is 4.05. The second kappa shape index (κ2) is 4.47. The van der Waals surface area contributed by atoms with Gasteiger partial charge in [-0.05, 0) is 25.7 Å². The number of carboxylic acids is 1. The molecular formula is C11H14N2O3. The molecule has 0 atom stereocenters. The zero-order valence-corrected chi connectivity index (χ0v) is 9.14. The Morgan fingerprint density at radius 2 is 2.31 bits per heavy atom. The Kier molecular flexibility index (Phi) is 3.03. The lowest BCUT2D eigenvalue weighted by Crippen LogP contribution is -2.20. The first-order valence-electron chi connectivity index (χ1n) is 5.37. The van der Waals surface area contributed by atoms with E-state index < -0.39 is 5.97 Å². The predicted molar refractivity (Wildman–Crippen MR) is 56.6 cm³/mol. The van der Waals surface area contributed by atoms with E-state index in [4.69, 9.17) is 9.84 Å². The molecule has 86 valence electrons. The summed E-state index contributed by atoms with van der Waals surface area (Å²) < 4.78 is 5.47. The van der Waals surface area contributed by atoms with Crippen LogP contribution < -0.4 is 4.74 Å². The van der Waals surface area contributed by atoms with E-state index in [-0.39, 0.29) is 5.69 Å². The van der Waals surface area contributed by atoms with Gasteiger partial charge in [0.15, 0.2) is 5.69 Å². The van der Waals surface area contributed by atoms with Crippen LogP contribution in [0.3, 0.4) is 0 Å². The lowest BCUT2D eigenvalue weighted by molar-refractivity contribution is 0.0688. The van der Waals surface area contributed by atoms with E-state index in [0.717, 1.165) is 0 Å². The Bertz CT molecular complexity index is 402. The Hall–Kier alpha value is -1.65. The first-order chi connectivity index (χ1) is 7.65. The minimum Gasteiger partial charge on any atom is -0.477 e. The van der Waals surface area contributed by atoms with E-state index in [0.29, 0.717) is 24.2 Å². The van der Waals surface area contributed by atoms with Gasteiger partial charge >= 0.3 is 5.97 Å². The van der Waals surface area contributed by atoms with Gasteiger partial charge in [-0.15, -0.1) is 0 Å². The van der Waals surface area contributed by atoms with Gasteiger partial charge in [0.1, 0.15) is 5.82 Å². The van der Waals surface area contributed by atoms with Crippen molar-refractivity contribution in [3.8, 4) is 5.88 Å². The molecule has 1 aromatic heterocycles. The predicted octanol–water partition coefficient (Wildman–Crippen LogP) is 1.66. The Morgan fingerprint density at radius 1 is 1.56 bits per heavy atom. The average molecular weight is 222 g/mol. The van der Waals surface area contributed by atoms with Crippen molar-refractivity contribution >= 4 is 5.97 Å². The molecule has 1 N–H and O–H groups in total. The molecule has 1 aliphatic carbocycles. The molecule has 1 saturated carbocycles. The van der Waals surface area contributed by atoms with Crippen LogP contribution in [0.5, 0.6) is 5.88 Å². The zero-order chi connectivity index (χ0) is 11.5. The summed E-state index contributed by atoms with van der Waals surface area (Å²) in [5.74, 6) is 0.322. The van der Waals surface area contributed by atoms with Gasteiger partial charge in [0.05, 0.1) is 6.61 Å². The van der Waals surface area contributed by atoms with E-state index >= 15 is 0 Å². The van der Waals surface area contributed by atoms with Gasteiger partial charge in [0.25, 0.3) is 0 Å². The highest BCUT2D eigenvalue weighted by Crippen LogP contribution is 2.26. The van der Waals surface area contributed by atoms with Crippen LogP contribution in [0.4, 0.5) is 0 Å². The van der Waals surface area contributed by atoms with Crippen LogP contribution in [0.1, 0.15) is 35.6 Å².